The standard InChI is InChI=1S/C22H27ClN2O5S/c1-15(2)25(16(3)4)21(26)14-30-22(27)18-10-11-19(23)20(12-18)31(28,29)24-13-17-8-6-5-7-9-17/h5-12,15-16,24H,13-14H2,1-4H3. The third-order valence-electron chi connectivity index (χ3n) is 4.49. The predicted molar refractivity (Wildman–Crippen MR) is 119 cm³/mol. The molecule has 0 aliphatic rings. The van der Waals surface area contributed by atoms with Crippen molar-refractivity contribution in [3.05, 3.63) is 64.7 Å². The molecule has 31 heavy (non-hydrogen) atoms. The number of amides is 1. The van der Waals surface area contributed by atoms with Crippen LogP contribution in [0, 0.1) is 0 Å². The summed E-state index contributed by atoms with van der Waals surface area (Å²) in [5.74, 6) is -1.14. The van der Waals surface area contributed by atoms with Gasteiger partial charge < -0.3 is 9.64 Å². The van der Waals surface area contributed by atoms with Gasteiger partial charge in [-0.15, -0.1) is 0 Å². The maximum atomic E-state index is 12.7. The van der Waals surface area contributed by atoms with Crippen LogP contribution in [-0.2, 0) is 26.1 Å². The molecular formula is C22H27ClN2O5S. The summed E-state index contributed by atoms with van der Waals surface area (Å²) in [5.41, 5.74) is 0.758. The van der Waals surface area contributed by atoms with E-state index >= 15 is 0 Å². The number of carbonyl (C=O) groups is 2. The Balaban J connectivity index is 2.12. The van der Waals surface area contributed by atoms with Crippen molar-refractivity contribution in [3.63, 3.8) is 0 Å². The Morgan fingerprint density at radius 2 is 1.65 bits per heavy atom. The van der Waals surface area contributed by atoms with E-state index in [2.05, 4.69) is 4.72 Å². The third-order valence-corrected chi connectivity index (χ3v) is 6.38. The van der Waals surface area contributed by atoms with Crippen LogP contribution in [0.1, 0.15) is 43.6 Å². The quantitative estimate of drug-likeness (QED) is 0.570. The van der Waals surface area contributed by atoms with Crippen molar-refractivity contribution in [1.82, 2.24) is 9.62 Å². The molecule has 0 saturated heterocycles. The lowest BCUT2D eigenvalue weighted by Gasteiger charge is -2.30. The summed E-state index contributed by atoms with van der Waals surface area (Å²) in [6.07, 6.45) is 0. The molecule has 0 aliphatic heterocycles. The molecule has 0 unspecified atom stereocenters. The van der Waals surface area contributed by atoms with Gasteiger partial charge in [0.05, 0.1) is 10.6 Å². The molecule has 0 atom stereocenters. The minimum atomic E-state index is -3.98. The molecule has 168 valence electrons. The second kappa shape index (κ2) is 10.7. The number of nitrogens with one attached hydrogen (secondary N) is 1. The highest BCUT2D eigenvalue weighted by atomic mass is 35.5. The fourth-order valence-corrected chi connectivity index (χ4v) is 4.69. The molecule has 0 heterocycles. The topological polar surface area (TPSA) is 92.8 Å². The lowest BCUT2D eigenvalue weighted by atomic mass is 10.2. The minimum absolute atomic E-state index is 0.0158. The van der Waals surface area contributed by atoms with Crippen molar-refractivity contribution in [2.45, 2.75) is 51.2 Å². The first-order chi connectivity index (χ1) is 14.5. The van der Waals surface area contributed by atoms with Crippen molar-refractivity contribution in [3.8, 4) is 0 Å². The Kier molecular flexibility index (Phi) is 8.61. The van der Waals surface area contributed by atoms with Crippen molar-refractivity contribution in [2.75, 3.05) is 6.61 Å². The van der Waals surface area contributed by atoms with Crippen LogP contribution in [-0.4, -0.2) is 43.9 Å². The monoisotopic (exact) mass is 466 g/mol. The van der Waals surface area contributed by atoms with Crippen LogP contribution in [0.2, 0.25) is 5.02 Å². The van der Waals surface area contributed by atoms with Crippen molar-refractivity contribution in [2.24, 2.45) is 0 Å². The van der Waals surface area contributed by atoms with Crippen LogP contribution in [0.5, 0.6) is 0 Å². The summed E-state index contributed by atoms with van der Waals surface area (Å²) in [6.45, 7) is 7.13. The molecule has 2 aromatic rings. The van der Waals surface area contributed by atoms with E-state index in [1.54, 1.807) is 29.2 Å². The maximum Gasteiger partial charge on any atom is 0.338 e. The summed E-state index contributed by atoms with van der Waals surface area (Å²) in [6, 6.07) is 12.7. The molecule has 0 aromatic heterocycles. The molecule has 2 aromatic carbocycles. The molecule has 1 N–H and O–H groups in total. The first-order valence-corrected chi connectivity index (χ1v) is 11.7. The van der Waals surface area contributed by atoms with E-state index in [9.17, 15) is 18.0 Å². The summed E-state index contributed by atoms with van der Waals surface area (Å²) < 4.78 is 33.0. The van der Waals surface area contributed by atoms with Crippen LogP contribution in [0.25, 0.3) is 0 Å². The fourth-order valence-electron chi connectivity index (χ4n) is 3.15. The van der Waals surface area contributed by atoms with Gasteiger partial charge >= 0.3 is 5.97 Å². The number of benzene rings is 2. The van der Waals surface area contributed by atoms with Gasteiger partial charge in [0.25, 0.3) is 5.91 Å². The Morgan fingerprint density at radius 3 is 2.23 bits per heavy atom. The number of halogens is 1. The lowest BCUT2D eigenvalue weighted by molar-refractivity contribution is -0.138. The molecule has 0 fully saturated rings. The average Bonchev–Trinajstić information content (AvgIpc) is 2.71. The zero-order chi connectivity index (χ0) is 23.2. The minimum Gasteiger partial charge on any atom is -0.452 e. The van der Waals surface area contributed by atoms with Crippen LogP contribution >= 0.6 is 11.6 Å². The molecule has 1 amide bonds. The largest absolute Gasteiger partial charge is 0.452 e. The molecule has 0 aliphatic carbocycles. The van der Waals surface area contributed by atoms with E-state index in [1.807, 2.05) is 33.8 Å². The Hall–Kier alpha value is -2.42. The Bertz CT molecular complexity index is 1020. The number of esters is 1. The number of hydrogen-bond donors (Lipinski definition) is 1. The highest BCUT2D eigenvalue weighted by Crippen LogP contribution is 2.23. The molecule has 9 heteroatoms. The predicted octanol–water partition coefficient (Wildman–Crippen LogP) is 3.62. The second-order valence-electron chi connectivity index (χ2n) is 7.52. The molecule has 0 bridgehead atoms. The van der Waals surface area contributed by atoms with Gasteiger partial charge in [-0.2, -0.15) is 0 Å². The number of hydrogen-bond acceptors (Lipinski definition) is 5. The van der Waals surface area contributed by atoms with Crippen LogP contribution in [0.3, 0.4) is 0 Å². The summed E-state index contributed by atoms with van der Waals surface area (Å²) in [5, 5.41) is -0.0287. The van der Waals surface area contributed by atoms with Crippen LogP contribution in [0.4, 0.5) is 0 Å². The number of nitrogens with zero attached hydrogens (tertiary/aromatic N) is 1. The van der Waals surface area contributed by atoms with Crippen molar-refractivity contribution >= 4 is 33.5 Å². The third kappa shape index (κ3) is 6.78. The zero-order valence-electron chi connectivity index (χ0n) is 18.0. The van der Waals surface area contributed by atoms with Gasteiger partial charge in [0, 0.05) is 18.6 Å². The van der Waals surface area contributed by atoms with E-state index < -0.39 is 22.6 Å². The Morgan fingerprint density at radius 1 is 1.03 bits per heavy atom. The van der Waals surface area contributed by atoms with Gasteiger partial charge in [-0.25, -0.2) is 17.9 Å². The van der Waals surface area contributed by atoms with E-state index in [0.717, 1.165) is 11.6 Å². The van der Waals surface area contributed by atoms with Crippen molar-refractivity contribution in [1.29, 1.82) is 0 Å². The SMILES string of the molecule is CC(C)N(C(=O)COC(=O)c1ccc(Cl)c(S(=O)(=O)NCc2ccccc2)c1)C(C)C. The lowest BCUT2D eigenvalue weighted by Crippen LogP contribution is -2.44. The number of ether oxygens (including phenoxy) is 1. The smallest absolute Gasteiger partial charge is 0.338 e. The van der Waals surface area contributed by atoms with E-state index in [1.165, 1.54) is 12.1 Å². The first-order valence-electron chi connectivity index (χ1n) is 9.84. The molecule has 0 saturated carbocycles. The van der Waals surface area contributed by atoms with E-state index in [0.29, 0.717) is 0 Å². The molecule has 2 rings (SSSR count). The maximum absolute atomic E-state index is 12.7. The van der Waals surface area contributed by atoms with Gasteiger partial charge in [0.15, 0.2) is 6.61 Å². The normalized spacial score (nSPS) is 11.6. The summed E-state index contributed by atoms with van der Waals surface area (Å²) in [7, 11) is -3.98. The fraction of sp³-hybridized carbons (Fsp3) is 0.364. The number of rotatable bonds is 9. The van der Waals surface area contributed by atoms with Gasteiger partial charge in [-0.05, 0) is 51.5 Å². The summed E-state index contributed by atoms with van der Waals surface area (Å²) in [4.78, 5) is 26.2. The molecule has 7 nitrogen and oxygen atoms in total. The number of carbonyl (C=O) groups excluding carboxylic acids is 2. The highest BCUT2D eigenvalue weighted by Gasteiger charge is 2.23. The Labute approximate surface area is 188 Å². The number of sulfonamides is 1. The van der Waals surface area contributed by atoms with Gasteiger partial charge in [0.1, 0.15) is 4.90 Å². The highest BCUT2D eigenvalue weighted by molar-refractivity contribution is 7.89. The van der Waals surface area contributed by atoms with E-state index in [-0.39, 0.29) is 40.0 Å². The van der Waals surface area contributed by atoms with Gasteiger partial charge in [0.2, 0.25) is 10.0 Å². The molecule has 0 spiro atoms. The van der Waals surface area contributed by atoms with Crippen LogP contribution in [0.15, 0.2) is 53.4 Å². The second-order valence-corrected chi connectivity index (χ2v) is 9.66. The first kappa shape index (κ1) is 24.8. The van der Waals surface area contributed by atoms with Gasteiger partial charge in [-0.3, -0.25) is 4.79 Å². The molecular weight excluding hydrogens is 440 g/mol. The van der Waals surface area contributed by atoms with E-state index in [4.69, 9.17) is 16.3 Å². The van der Waals surface area contributed by atoms with Crippen LogP contribution < -0.4 is 4.72 Å². The zero-order valence-corrected chi connectivity index (χ0v) is 19.5. The van der Waals surface area contributed by atoms with Crippen molar-refractivity contribution < 1.29 is 22.7 Å². The van der Waals surface area contributed by atoms with Gasteiger partial charge in [-0.1, -0.05) is 41.9 Å². The molecule has 0 radical (unpaired) electrons. The average molecular weight is 467 g/mol. The summed E-state index contributed by atoms with van der Waals surface area (Å²) >= 11 is 6.07.